The molecule has 1 aliphatic carbocycles. The van der Waals surface area contributed by atoms with Crippen molar-refractivity contribution in [3.8, 4) is 12.1 Å². The molecule has 0 heterocycles. The summed E-state index contributed by atoms with van der Waals surface area (Å²) in [5.41, 5.74) is 0.788. The molecule has 0 aliphatic heterocycles. The molecule has 138 valence electrons. The highest BCUT2D eigenvalue weighted by Crippen LogP contribution is 2.34. The third-order valence-corrected chi connectivity index (χ3v) is 4.93. The van der Waals surface area contributed by atoms with E-state index in [1.165, 1.54) is 17.0 Å². The Balaban J connectivity index is 2.05. The lowest BCUT2D eigenvalue weighted by atomic mass is 9.83. The number of hydrogen-bond donors (Lipinski definition) is 0. The van der Waals surface area contributed by atoms with Gasteiger partial charge in [-0.2, -0.15) is 10.5 Å². The molecule has 0 saturated heterocycles. The standard InChI is InChI=1S/C21H14ClN3O3/c22-18-16(21(28)25(11-3-9-23)12-4-10-24)8-7-15-17(18)20(27)14-6-2-1-5-13(14)19(15)26/h1-2,5-8H,3-4,11-12H2. The van der Waals surface area contributed by atoms with Crippen molar-refractivity contribution in [2.75, 3.05) is 13.1 Å². The summed E-state index contributed by atoms with van der Waals surface area (Å²) in [6.45, 7) is 0.278. The van der Waals surface area contributed by atoms with Gasteiger partial charge in [0.1, 0.15) is 0 Å². The number of fused-ring (bicyclic) bond motifs is 2. The fourth-order valence-electron chi connectivity index (χ4n) is 3.17. The predicted octanol–water partition coefficient (Wildman–Crippen LogP) is 3.38. The van der Waals surface area contributed by atoms with Crippen LogP contribution in [0.5, 0.6) is 0 Å². The zero-order chi connectivity index (χ0) is 20.3. The minimum atomic E-state index is -0.489. The molecule has 3 rings (SSSR count). The lowest BCUT2D eigenvalue weighted by Crippen LogP contribution is -2.33. The fraction of sp³-hybridized carbons (Fsp3) is 0.190. The molecule has 0 atom stereocenters. The van der Waals surface area contributed by atoms with Crippen LogP contribution in [0.25, 0.3) is 0 Å². The molecular formula is C21H14ClN3O3. The average molecular weight is 392 g/mol. The van der Waals surface area contributed by atoms with Crippen molar-refractivity contribution in [2.24, 2.45) is 0 Å². The average Bonchev–Trinajstić information content (AvgIpc) is 2.71. The van der Waals surface area contributed by atoms with Gasteiger partial charge in [-0.25, -0.2) is 0 Å². The van der Waals surface area contributed by atoms with E-state index in [1.807, 2.05) is 12.1 Å². The van der Waals surface area contributed by atoms with Gasteiger partial charge in [0.25, 0.3) is 5.91 Å². The van der Waals surface area contributed by atoms with Gasteiger partial charge in [0.15, 0.2) is 11.6 Å². The molecule has 0 aromatic heterocycles. The van der Waals surface area contributed by atoms with E-state index in [-0.39, 0.29) is 59.0 Å². The Bertz CT molecular complexity index is 1060. The van der Waals surface area contributed by atoms with Crippen LogP contribution in [-0.2, 0) is 0 Å². The number of rotatable bonds is 5. The summed E-state index contributed by atoms with van der Waals surface area (Å²) in [6.07, 6.45) is 0.203. The van der Waals surface area contributed by atoms with Crippen molar-refractivity contribution in [1.29, 1.82) is 10.5 Å². The molecule has 0 unspecified atom stereocenters. The van der Waals surface area contributed by atoms with Gasteiger partial charge >= 0.3 is 0 Å². The quantitative estimate of drug-likeness (QED) is 0.663. The van der Waals surface area contributed by atoms with Gasteiger partial charge in [-0.15, -0.1) is 0 Å². The number of amides is 1. The topological polar surface area (TPSA) is 102 Å². The smallest absolute Gasteiger partial charge is 0.255 e. The molecule has 2 aromatic carbocycles. The SMILES string of the molecule is N#CCCN(CCC#N)C(=O)c1ccc2c(c1Cl)C(=O)c1ccccc1C2=O. The van der Waals surface area contributed by atoms with Crippen LogP contribution in [0.1, 0.15) is 55.0 Å². The minimum absolute atomic E-state index is 0.0109. The van der Waals surface area contributed by atoms with Gasteiger partial charge in [-0.1, -0.05) is 35.9 Å². The first-order valence-electron chi connectivity index (χ1n) is 8.55. The summed E-state index contributed by atoms with van der Waals surface area (Å²) in [4.78, 5) is 39.9. The highest BCUT2D eigenvalue weighted by Gasteiger charge is 2.33. The Kier molecular flexibility index (Phi) is 5.54. The van der Waals surface area contributed by atoms with E-state index in [0.717, 1.165) is 0 Å². The zero-order valence-corrected chi connectivity index (χ0v) is 15.5. The van der Waals surface area contributed by atoms with E-state index >= 15 is 0 Å². The molecule has 2 aromatic rings. The first-order valence-corrected chi connectivity index (χ1v) is 8.93. The van der Waals surface area contributed by atoms with Crippen LogP contribution < -0.4 is 0 Å². The van der Waals surface area contributed by atoms with Gasteiger partial charge in [-0.05, 0) is 12.1 Å². The van der Waals surface area contributed by atoms with E-state index in [9.17, 15) is 14.4 Å². The molecule has 0 fully saturated rings. The van der Waals surface area contributed by atoms with E-state index in [0.29, 0.717) is 5.56 Å². The third kappa shape index (κ3) is 3.26. The molecule has 7 heteroatoms. The Hall–Kier alpha value is -3.48. The second-order valence-electron chi connectivity index (χ2n) is 6.16. The molecule has 1 aliphatic rings. The maximum absolute atomic E-state index is 12.9. The Morgan fingerprint density at radius 2 is 1.46 bits per heavy atom. The molecule has 0 radical (unpaired) electrons. The lowest BCUT2D eigenvalue weighted by Gasteiger charge is -2.23. The van der Waals surface area contributed by atoms with Crippen LogP contribution in [0, 0.1) is 22.7 Å². The van der Waals surface area contributed by atoms with Crippen molar-refractivity contribution >= 4 is 29.1 Å². The van der Waals surface area contributed by atoms with E-state index in [4.69, 9.17) is 22.1 Å². The van der Waals surface area contributed by atoms with Crippen LogP contribution in [0.4, 0.5) is 0 Å². The molecule has 0 bridgehead atoms. The van der Waals surface area contributed by atoms with Crippen LogP contribution in [0.3, 0.4) is 0 Å². The summed E-state index contributed by atoms with van der Waals surface area (Å²) in [7, 11) is 0. The predicted molar refractivity (Wildman–Crippen MR) is 101 cm³/mol. The first kappa shape index (κ1) is 19.3. The minimum Gasteiger partial charge on any atom is -0.337 e. The number of halogens is 1. The van der Waals surface area contributed by atoms with Gasteiger partial charge in [-0.3, -0.25) is 14.4 Å². The van der Waals surface area contributed by atoms with Crippen LogP contribution in [0.15, 0.2) is 36.4 Å². The largest absolute Gasteiger partial charge is 0.337 e. The lowest BCUT2D eigenvalue weighted by molar-refractivity contribution is 0.0762. The van der Waals surface area contributed by atoms with Crippen molar-refractivity contribution in [2.45, 2.75) is 12.8 Å². The van der Waals surface area contributed by atoms with E-state index in [2.05, 4.69) is 0 Å². The first-order chi connectivity index (χ1) is 13.5. The Morgan fingerprint density at radius 3 is 2.04 bits per heavy atom. The molecule has 0 saturated carbocycles. The highest BCUT2D eigenvalue weighted by molar-refractivity contribution is 6.41. The molecule has 6 nitrogen and oxygen atoms in total. The molecule has 28 heavy (non-hydrogen) atoms. The third-order valence-electron chi connectivity index (χ3n) is 4.53. The Morgan fingerprint density at radius 1 is 0.893 bits per heavy atom. The maximum Gasteiger partial charge on any atom is 0.255 e. The summed E-state index contributed by atoms with van der Waals surface area (Å²) in [6, 6.07) is 13.2. The van der Waals surface area contributed by atoms with E-state index in [1.54, 1.807) is 24.3 Å². The summed E-state index contributed by atoms with van der Waals surface area (Å²) in [5, 5.41) is 17.5. The zero-order valence-electron chi connectivity index (χ0n) is 14.7. The summed E-state index contributed by atoms with van der Waals surface area (Å²) < 4.78 is 0. The highest BCUT2D eigenvalue weighted by atomic mass is 35.5. The van der Waals surface area contributed by atoms with Crippen molar-refractivity contribution in [1.82, 2.24) is 4.90 Å². The number of hydrogen-bond acceptors (Lipinski definition) is 5. The monoisotopic (exact) mass is 391 g/mol. The second kappa shape index (κ2) is 8.04. The number of ketones is 2. The number of nitriles is 2. The Labute approximate surface area is 166 Å². The number of benzene rings is 2. The summed E-state index contributed by atoms with van der Waals surface area (Å²) >= 11 is 6.41. The number of carbonyl (C=O) groups is 3. The van der Waals surface area contributed by atoms with Gasteiger partial charge < -0.3 is 4.90 Å². The number of nitrogens with zero attached hydrogens (tertiary/aromatic N) is 3. The maximum atomic E-state index is 12.9. The normalized spacial score (nSPS) is 11.8. The van der Waals surface area contributed by atoms with Gasteiger partial charge in [0.2, 0.25) is 0 Å². The second-order valence-corrected chi connectivity index (χ2v) is 6.54. The van der Waals surface area contributed by atoms with Crippen LogP contribution in [-0.4, -0.2) is 35.5 Å². The molecular weight excluding hydrogens is 378 g/mol. The van der Waals surface area contributed by atoms with Crippen molar-refractivity contribution < 1.29 is 14.4 Å². The van der Waals surface area contributed by atoms with E-state index < -0.39 is 11.7 Å². The van der Waals surface area contributed by atoms with Crippen LogP contribution in [0.2, 0.25) is 5.02 Å². The number of carbonyl (C=O) groups excluding carboxylic acids is 3. The molecule has 1 amide bonds. The summed E-state index contributed by atoms with van der Waals surface area (Å²) in [5.74, 6) is -1.22. The van der Waals surface area contributed by atoms with Crippen molar-refractivity contribution in [3.63, 3.8) is 0 Å². The van der Waals surface area contributed by atoms with Gasteiger partial charge in [0, 0.05) is 29.8 Å². The van der Waals surface area contributed by atoms with Crippen LogP contribution >= 0.6 is 11.6 Å². The fourth-order valence-corrected chi connectivity index (χ4v) is 3.50. The van der Waals surface area contributed by atoms with Gasteiger partial charge in [0.05, 0.1) is 41.1 Å². The molecule has 0 spiro atoms. The molecule has 0 N–H and O–H groups in total. The van der Waals surface area contributed by atoms with Crippen molar-refractivity contribution in [3.05, 3.63) is 69.2 Å².